The number of carbonyl (C=O) groups excluding carboxylic acids is 1. The molecule has 0 radical (unpaired) electrons. The van der Waals surface area contributed by atoms with Crippen molar-refractivity contribution in [2.75, 3.05) is 26.2 Å². The van der Waals surface area contributed by atoms with Gasteiger partial charge in [-0.3, -0.25) is 4.79 Å². The summed E-state index contributed by atoms with van der Waals surface area (Å²) in [6.45, 7) is 5.00. The Bertz CT molecular complexity index is 630. The maximum Gasteiger partial charge on any atom is 0.289 e. The summed E-state index contributed by atoms with van der Waals surface area (Å²) in [6, 6.07) is 5.41. The summed E-state index contributed by atoms with van der Waals surface area (Å²) >= 11 is 5.98. The molecule has 4 nitrogen and oxygen atoms in total. The molecule has 1 fully saturated rings. The van der Waals surface area contributed by atoms with Crippen LogP contribution in [0, 0.1) is 6.92 Å². The lowest BCUT2D eigenvalue weighted by atomic mass is 10.1. The van der Waals surface area contributed by atoms with E-state index >= 15 is 0 Å². The minimum Gasteiger partial charge on any atom is -0.451 e. The van der Waals surface area contributed by atoms with Crippen LogP contribution in [0.4, 0.5) is 0 Å². The number of fused-ring (bicyclic) bond motifs is 1. The van der Waals surface area contributed by atoms with E-state index in [0.29, 0.717) is 16.4 Å². The molecule has 1 aromatic heterocycles. The van der Waals surface area contributed by atoms with Crippen molar-refractivity contribution in [3.8, 4) is 0 Å². The number of hydrogen-bond donors (Lipinski definition) is 1. The molecule has 0 bridgehead atoms. The second-order valence-corrected chi connectivity index (χ2v) is 5.18. The number of furan rings is 1. The topological polar surface area (TPSA) is 45.5 Å². The fourth-order valence-corrected chi connectivity index (χ4v) is 2.58. The summed E-state index contributed by atoms with van der Waals surface area (Å²) in [6.07, 6.45) is 0. The smallest absolute Gasteiger partial charge is 0.289 e. The van der Waals surface area contributed by atoms with Gasteiger partial charge in [-0.2, -0.15) is 0 Å². The fraction of sp³-hybridized carbons (Fsp3) is 0.357. The Morgan fingerprint density at radius 3 is 2.84 bits per heavy atom. The molecule has 19 heavy (non-hydrogen) atoms. The number of halogens is 1. The zero-order valence-corrected chi connectivity index (χ0v) is 11.5. The van der Waals surface area contributed by atoms with Gasteiger partial charge in [0.2, 0.25) is 0 Å². The first-order valence-corrected chi connectivity index (χ1v) is 6.73. The zero-order chi connectivity index (χ0) is 13.4. The molecule has 2 aromatic rings. The zero-order valence-electron chi connectivity index (χ0n) is 10.7. The lowest BCUT2D eigenvalue weighted by Crippen LogP contribution is -2.46. The molecule has 1 amide bonds. The molecule has 1 aliphatic heterocycles. The van der Waals surface area contributed by atoms with Crippen LogP contribution >= 0.6 is 11.6 Å². The molecule has 1 N–H and O–H groups in total. The quantitative estimate of drug-likeness (QED) is 0.871. The Labute approximate surface area is 116 Å². The van der Waals surface area contributed by atoms with Crippen molar-refractivity contribution in [2.45, 2.75) is 6.92 Å². The molecule has 2 heterocycles. The maximum atomic E-state index is 12.4. The fourth-order valence-electron chi connectivity index (χ4n) is 2.41. The standard InChI is InChI=1S/C14H15ClN2O2/c1-9-11-8-10(15)2-3-12(11)19-13(9)14(18)17-6-4-16-5-7-17/h2-3,8,16H,4-7H2,1H3. The molecular weight excluding hydrogens is 264 g/mol. The minimum absolute atomic E-state index is 0.0358. The SMILES string of the molecule is Cc1c(C(=O)N2CCNCC2)oc2ccc(Cl)cc12. The van der Waals surface area contributed by atoms with Crippen molar-refractivity contribution in [3.63, 3.8) is 0 Å². The van der Waals surface area contributed by atoms with Crippen molar-refractivity contribution >= 4 is 28.5 Å². The lowest BCUT2D eigenvalue weighted by molar-refractivity contribution is 0.0705. The molecule has 0 atom stereocenters. The van der Waals surface area contributed by atoms with Crippen molar-refractivity contribution < 1.29 is 9.21 Å². The molecule has 1 aliphatic rings. The van der Waals surface area contributed by atoms with E-state index in [-0.39, 0.29) is 5.91 Å². The van der Waals surface area contributed by atoms with E-state index in [1.54, 1.807) is 12.1 Å². The number of amides is 1. The highest BCUT2D eigenvalue weighted by atomic mass is 35.5. The molecule has 0 aliphatic carbocycles. The molecule has 0 saturated carbocycles. The van der Waals surface area contributed by atoms with E-state index in [9.17, 15) is 4.79 Å². The van der Waals surface area contributed by atoms with Gasteiger partial charge in [0.25, 0.3) is 5.91 Å². The van der Waals surface area contributed by atoms with Crippen LogP contribution in [0.15, 0.2) is 22.6 Å². The van der Waals surface area contributed by atoms with Crippen molar-refractivity contribution in [1.29, 1.82) is 0 Å². The summed E-state index contributed by atoms with van der Waals surface area (Å²) in [5, 5.41) is 4.79. The summed E-state index contributed by atoms with van der Waals surface area (Å²) < 4.78 is 5.70. The highest BCUT2D eigenvalue weighted by Crippen LogP contribution is 2.28. The normalized spacial score (nSPS) is 16.0. The lowest BCUT2D eigenvalue weighted by Gasteiger charge is -2.26. The van der Waals surface area contributed by atoms with Gasteiger partial charge in [0.15, 0.2) is 5.76 Å². The molecule has 0 unspecified atom stereocenters. The van der Waals surface area contributed by atoms with Gasteiger partial charge in [-0.1, -0.05) is 11.6 Å². The van der Waals surface area contributed by atoms with E-state index < -0.39 is 0 Å². The summed E-state index contributed by atoms with van der Waals surface area (Å²) in [4.78, 5) is 14.3. The van der Waals surface area contributed by atoms with Crippen molar-refractivity contribution in [1.82, 2.24) is 10.2 Å². The summed E-state index contributed by atoms with van der Waals surface area (Å²) in [7, 11) is 0. The summed E-state index contributed by atoms with van der Waals surface area (Å²) in [5.41, 5.74) is 1.57. The number of hydrogen-bond acceptors (Lipinski definition) is 3. The van der Waals surface area contributed by atoms with Crippen LogP contribution in [0.1, 0.15) is 16.1 Å². The van der Waals surface area contributed by atoms with Gasteiger partial charge in [0, 0.05) is 42.2 Å². The maximum absolute atomic E-state index is 12.4. The average Bonchev–Trinajstić information content (AvgIpc) is 2.76. The van der Waals surface area contributed by atoms with E-state index in [4.69, 9.17) is 16.0 Å². The Kier molecular flexibility index (Phi) is 3.21. The molecule has 3 rings (SSSR count). The minimum atomic E-state index is -0.0358. The predicted molar refractivity (Wildman–Crippen MR) is 74.7 cm³/mol. The first-order chi connectivity index (χ1) is 9.16. The Hall–Kier alpha value is -1.52. The molecule has 1 aromatic carbocycles. The van der Waals surface area contributed by atoms with Gasteiger partial charge in [0.1, 0.15) is 5.58 Å². The van der Waals surface area contributed by atoms with E-state index in [0.717, 1.165) is 37.1 Å². The van der Waals surface area contributed by atoms with Crippen LogP contribution in [0.25, 0.3) is 11.0 Å². The van der Waals surface area contributed by atoms with Crippen molar-refractivity contribution in [3.05, 3.63) is 34.5 Å². The third-order valence-corrected chi connectivity index (χ3v) is 3.73. The Morgan fingerprint density at radius 2 is 2.11 bits per heavy atom. The molecule has 1 saturated heterocycles. The largest absolute Gasteiger partial charge is 0.451 e. The van der Waals surface area contributed by atoms with Gasteiger partial charge in [-0.25, -0.2) is 0 Å². The first-order valence-electron chi connectivity index (χ1n) is 6.35. The van der Waals surface area contributed by atoms with Crippen LogP contribution in [-0.4, -0.2) is 37.0 Å². The van der Waals surface area contributed by atoms with Crippen LogP contribution in [0.5, 0.6) is 0 Å². The van der Waals surface area contributed by atoms with Crippen molar-refractivity contribution in [2.24, 2.45) is 0 Å². The Balaban J connectivity index is 2.00. The highest BCUT2D eigenvalue weighted by molar-refractivity contribution is 6.31. The van der Waals surface area contributed by atoms with Gasteiger partial charge < -0.3 is 14.6 Å². The number of aryl methyl sites for hydroxylation is 1. The first kappa shape index (κ1) is 12.5. The third-order valence-electron chi connectivity index (χ3n) is 3.50. The number of nitrogens with zero attached hydrogens (tertiary/aromatic N) is 1. The second kappa shape index (κ2) is 4.87. The number of carbonyl (C=O) groups is 1. The summed E-state index contributed by atoms with van der Waals surface area (Å²) in [5.74, 6) is 0.394. The average molecular weight is 279 g/mol. The molecule has 5 heteroatoms. The monoisotopic (exact) mass is 278 g/mol. The number of rotatable bonds is 1. The number of piperazine rings is 1. The van der Waals surface area contributed by atoms with E-state index in [1.807, 2.05) is 17.9 Å². The van der Waals surface area contributed by atoms with Crippen LogP contribution in [0.2, 0.25) is 5.02 Å². The Morgan fingerprint density at radius 1 is 1.37 bits per heavy atom. The predicted octanol–water partition coefficient (Wildman–Crippen LogP) is 2.44. The van der Waals surface area contributed by atoms with E-state index in [1.165, 1.54) is 0 Å². The van der Waals surface area contributed by atoms with E-state index in [2.05, 4.69) is 5.32 Å². The number of nitrogens with one attached hydrogen (secondary N) is 1. The number of benzene rings is 1. The molecule has 0 spiro atoms. The van der Waals surface area contributed by atoms with Gasteiger partial charge >= 0.3 is 0 Å². The third kappa shape index (κ3) is 2.22. The molecular formula is C14H15ClN2O2. The second-order valence-electron chi connectivity index (χ2n) is 4.74. The van der Waals surface area contributed by atoms with Gasteiger partial charge in [-0.05, 0) is 25.1 Å². The highest BCUT2D eigenvalue weighted by Gasteiger charge is 2.24. The van der Waals surface area contributed by atoms with Gasteiger partial charge in [-0.15, -0.1) is 0 Å². The van der Waals surface area contributed by atoms with Crippen LogP contribution in [-0.2, 0) is 0 Å². The van der Waals surface area contributed by atoms with Crippen LogP contribution in [0.3, 0.4) is 0 Å². The van der Waals surface area contributed by atoms with Crippen LogP contribution < -0.4 is 5.32 Å². The molecule has 100 valence electrons. The van der Waals surface area contributed by atoms with Gasteiger partial charge in [0.05, 0.1) is 0 Å².